The van der Waals surface area contributed by atoms with Gasteiger partial charge in [-0.1, -0.05) is 19.8 Å². The lowest BCUT2D eigenvalue weighted by molar-refractivity contribution is 0.135. The molecule has 0 aromatic carbocycles. The molecule has 0 radical (unpaired) electrons. The van der Waals surface area contributed by atoms with E-state index in [1.165, 1.54) is 51.5 Å². The van der Waals surface area contributed by atoms with E-state index in [9.17, 15) is 0 Å². The van der Waals surface area contributed by atoms with Crippen LogP contribution in [0.5, 0.6) is 0 Å². The zero-order valence-electron chi connectivity index (χ0n) is 11.1. The summed E-state index contributed by atoms with van der Waals surface area (Å²) in [5, 5.41) is 3.67. The van der Waals surface area contributed by atoms with Crippen LogP contribution in [0.15, 0.2) is 0 Å². The molecule has 1 aliphatic carbocycles. The van der Waals surface area contributed by atoms with Crippen molar-refractivity contribution in [2.45, 2.75) is 64.8 Å². The molecule has 2 atom stereocenters. The summed E-state index contributed by atoms with van der Waals surface area (Å²) in [6.07, 6.45) is 9.51. The lowest BCUT2D eigenvalue weighted by atomic mass is 9.83. The number of hydrogen-bond donors (Lipinski definition) is 1. The molecule has 0 saturated heterocycles. The Morgan fingerprint density at radius 2 is 2.12 bits per heavy atom. The number of ether oxygens (including phenoxy) is 1. The van der Waals surface area contributed by atoms with Crippen LogP contribution in [-0.2, 0) is 4.74 Å². The van der Waals surface area contributed by atoms with Crippen molar-refractivity contribution < 1.29 is 4.74 Å². The second kappa shape index (κ2) is 9.00. The summed E-state index contributed by atoms with van der Waals surface area (Å²) < 4.78 is 5.40. The summed E-state index contributed by atoms with van der Waals surface area (Å²) in [5.74, 6) is 0.948. The molecule has 2 unspecified atom stereocenters. The summed E-state index contributed by atoms with van der Waals surface area (Å²) in [5.41, 5.74) is 0. The van der Waals surface area contributed by atoms with Crippen molar-refractivity contribution >= 4 is 0 Å². The fraction of sp³-hybridized carbons (Fsp3) is 1.00. The van der Waals surface area contributed by atoms with Crippen LogP contribution in [0.2, 0.25) is 0 Å². The normalized spacial score (nSPS) is 25.9. The number of nitrogens with one attached hydrogen (secondary N) is 1. The smallest absolute Gasteiger partial charge is 0.0465 e. The van der Waals surface area contributed by atoms with E-state index in [-0.39, 0.29) is 0 Å². The van der Waals surface area contributed by atoms with E-state index in [1.54, 1.807) is 0 Å². The number of hydrogen-bond acceptors (Lipinski definition) is 2. The van der Waals surface area contributed by atoms with Gasteiger partial charge in [0, 0.05) is 19.3 Å². The zero-order valence-corrected chi connectivity index (χ0v) is 11.1. The van der Waals surface area contributed by atoms with E-state index in [4.69, 9.17) is 4.74 Å². The Kier molecular flexibility index (Phi) is 7.87. The van der Waals surface area contributed by atoms with Gasteiger partial charge in [0.25, 0.3) is 0 Å². The highest BCUT2D eigenvalue weighted by Crippen LogP contribution is 2.27. The van der Waals surface area contributed by atoms with E-state index in [2.05, 4.69) is 19.2 Å². The highest BCUT2D eigenvalue weighted by atomic mass is 16.5. The molecular formula is C14H29NO. The van der Waals surface area contributed by atoms with Crippen LogP contribution in [-0.4, -0.2) is 25.8 Å². The fourth-order valence-electron chi connectivity index (χ4n) is 2.71. The van der Waals surface area contributed by atoms with Crippen LogP contribution in [0.3, 0.4) is 0 Å². The topological polar surface area (TPSA) is 21.3 Å². The van der Waals surface area contributed by atoms with E-state index in [1.807, 2.05) is 0 Å². The molecule has 1 aliphatic rings. The Morgan fingerprint density at radius 1 is 1.25 bits per heavy atom. The van der Waals surface area contributed by atoms with Gasteiger partial charge in [-0.05, 0) is 51.5 Å². The lowest BCUT2D eigenvalue weighted by Crippen LogP contribution is -2.34. The molecule has 2 nitrogen and oxygen atoms in total. The van der Waals surface area contributed by atoms with Crippen molar-refractivity contribution in [3.63, 3.8) is 0 Å². The molecule has 1 rings (SSSR count). The van der Waals surface area contributed by atoms with Gasteiger partial charge in [-0.25, -0.2) is 0 Å². The first kappa shape index (κ1) is 14.0. The molecule has 0 heterocycles. The van der Waals surface area contributed by atoms with Crippen molar-refractivity contribution in [3.05, 3.63) is 0 Å². The van der Waals surface area contributed by atoms with Gasteiger partial charge in [-0.2, -0.15) is 0 Å². The first-order chi connectivity index (χ1) is 7.86. The predicted octanol–water partition coefficient (Wildman–Crippen LogP) is 3.36. The molecule has 16 heavy (non-hydrogen) atoms. The van der Waals surface area contributed by atoms with Crippen molar-refractivity contribution in [3.8, 4) is 0 Å². The summed E-state index contributed by atoms with van der Waals surface area (Å²) in [7, 11) is 0. The van der Waals surface area contributed by atoms with Crippen molar-refractivity contribution in [2.24, 2.45) is 5.92 Å². The molecule has 1 saturated carbocycles. The Labute approximate surface area is 101 Å². The monoisotopic (exact) mass is 227 g/mol. The van der Waals surface area contributed by atoms with E-state index in [0.29, 0.717) is 0 Å². The van der Waals surface area contributed by atoms with Crippen LogP contribution in [0, 0.1) is 5.92 Å². The van der Waals surface area contributed by atoms with E-state index in [0.717, 1.165) is 25.2 Å². The Hall–Kier alpha value is -0.0800. The average molecular weight is 227 g/mol. The maximum atomic E-state index is 5.40. The standard InChI is InChI=1S/C14H29NO/c1-3-10-15-14-9-5-7-13(12-14)8-6-11-16-4-2/h13-15H,3-12H2,1-2H3. The highest BCUT2D eigenvalue weighted by Gasteiger charge is 2.20. The maximum Gasteiger partial charge on any atom is 0.0465 e. The van der Waals surface area contributed by atoms with Gasteiger partial charge in [0.15, 0.2) is 0 Å². The minimum absolute atomic E-state index is 0.797. The van der Waals surface area contributed by atoms with Gasteiger partial charge >= 0.3 is 0 Å². The zero-order chi connectivity index (χ0) is 11.6. The van der Waals surface area contributed by atoms with Gasteiger partial charge in [0.05, 0.1) is 0 Å². The molecule has 0 amide bonds. The summed E-state index contributed by atoms with van der Waals surface area (Å²) in [6.45, 7) is 7.34. The minimum atomic E-state index is 0.797. The van der Waals surface area contributed by atoms with Crippen LogP contribution < -0.4 is 5.32 Å². The molecule has 1 fully saturated rings. The second-order valence-corrected chi connectivity index (χ2v) is 5.02. The minimum Gasteiger partial charge on any atom is -0.382 e. The molecule has 0 bridgehead atoms. The van der Waals surface area contributed by atoms with Crippen molar-refractivity contribution in [1.29, 1.82) is 0 Å². The Morgan fingerprint density at radius 3 is 2.88 bits per heavy atom. The van der Waals surface area contributed by atoms with Crippen LogP contribution in [0.4, 0.5) is 0 Å². The van der Waals surface area contributed by atoms with E-state index >= 15 is 0 Å². The first-order valence-electron chi connectivity index (χ1n) is 7.18. The average Bonchev–Trinajstić information content (AvgIpc) is 2.33. The molecule has 96 valence electrons. The molecule has 0 spiro atoms. The quantitative estimate of drug-likeness (QED) is 0.642. The first-order valence-corrected chi connectivity index (χ1v) is 7.18. The molecule has 0 aliphatic heterocycles. The predicted molar refractivity (Wildman–Crippen MR) is 69.8 cm³/mol. The second-order valence-electron chi connectivity index (χ2n) is 5.02. The summed E-state index contributed by atoms with van der Waals surface area (Å²) >= 11 is 0. The third-order valence-electron chi connectivity index (χ3n) is 3.57. The van der Waals surface area contributed by atoms with Gasteiger partial charge in [0.1, 0.15) is 0 Å². The Balaban J connectivity index is 2.07. The summed E-state index contributed by atoms with van der Waals surface area (Å²) in [4.78, 5) is 0. The molecule has 2 heteroatoms. The maximum absolute atomic E-state index is 5.40. The van der Waals surface area contributed by atoms with Crippen molar-refractivity contribution in [1.82, 2.24) is 5.32 Å². The molecular weight excluding hydrogens is 198 g/mol. The van der Waals surface area contributed by atoms with Gasteiger partial charge in [0.2, 0.25) is 0 Å². The van der Waals surface area contributed by atoms with E-state index < -0.39 is 0 Å². The largest absolute Gasteiger partial charge is 0.382 e. The highest BCUT2D eigenvalue weighted by molar-refractivity contribution is 4.77. The fourth-order valence-corrected chi connectivity index (χ4v) is 2.71. The molecule has 0 aromatic rings. The third kappa shape index (κ3) is 5.86. The van der Waals surface area contributed by atoms with Gasteiger partial charge in [-0.3, -0.25) is 0 Å². The van der Waals surface area contributed by atoms with Crippen molar-refractivity contribution in [2.75, 3.05) is 19.8 Å². The summed E-state index contributed by atoms with van der Waals surface area (Å²) in [6, 6.07) is 0.797. The van der Waals surface area contributed by atoms with Crippen LogP contribution in [0.1, 0.15) is 58.8 Å². The third-order valence-corrected chi connectivity index (χ3v) is 3.57. The molecule has 0 aromatic heterocycles. The number of rotatable bonds is 8. The van der Waals surface area contributed by atoms with Crippen LogP contribution >= 0.6 is 0 Å². The SMILES string of the molecule is CCCNC1CCCC(CCCOCC)C1. The van der Waals surface area contributed by atoms with Gasteiger partial charge < -0.3 is 10.1 Å². The lowest BCUT2D eigenvalue weighted by Gasteiger charge is -2.29. The van der Waals surface area contributed by atoms with Crippen LogP contribution in [0.25, 0.3) is 0 Å². The van der Waals surface area contributed by atoms with Gasteiger partial charge in [-0.15, -0.1) is 0 Å². The molecule has 1 N–H and O–H groups in total. The Bertz CT molecular complexity index is 161.